The zero-order valence-electron chi connectivity index (χ0n) is 12.6. The summed E-state index contributed by atoms with van der Waals surface area (Å²) in [4.78, 5) is 2.43. The van der Waals surface area contributed by atoms with Crippen LogP contribution < -0.4 is 0 Å². The molecule has 20 heavy (non-hydrogen) atoms. The van der Waals surface area contributed by atoms with Crippen LogP contribution in [0.1, 0.15) is 18.9 Å². The lowest BCUT2D eigenvalue weighted by Gasteiger charge is -2.21. The van der Waals surface area contributed by atoms with Crippen molar-refractivity contribution in [1.29, 1.82) is 0 Å². The van der Waals surface area contributed by atoms with E-state index in [1.165, 1.54) is 0 Å². The summed E-state index contributed by atoms with van der Waals surface area (Å²) in [6, 6.07) is 5.16. The molecule has 0 unspecified atom stereocenters. The number of sulfonamides is 1. The lowest BCUT2D eigenvalue weighted by Crippen LogP contribution is -2.33. The van der Waals surface area contributed by atoms with Crippen LogP contribution in [0.4, 0.5) is 0 Å². The largest absolute Gasteiger partial charge is 0.309 e. The Morgan fingerprint density at radius 2 is 1.85 bits per heavy atom. The molecule has 0 aliphatic carbocycles. The fraction of sp³-hybridized carbons (Fsp3) is 0.571. The molecule has 0 amide bonds. The third-order valence-electron chi connectivity index (χ3n) is 3.13. The zero-order chi connectivity index (χ0) is 15.3. The van der Waals surface area contributed by atoms with Crippen LogP contribution in [0.3, 0.4) is 0 Å². The van der Waals surface area contributed by atoms with Crippen LogP contribution in [0.25, 0.3) is 0 Å². The number of halogens is 1. The van der Waals surface area contributed by atoms with Gasteiger partial charge < -0.3 is 4.90 Å². The Morgan fingerprint density at radius 1 is 1.20 bits per heavy atom. The van der Waals surface area contributed by atoms with E-state index in [-0.39, 0.29) is 0 Å². The molecule has 4 nitrogen and oxygen atoms in total. The number of aryl methyl sites for hydroxylation is 1. The average Bonchev–Trinajstić information content (AvgIpc) is 2.37. The van der Waals surface area contributed by atoms with Crippen molar-refractivity contribution in [3.05, 3.63) is 28.2 Å². The molecule has 114 valence electrons. The maximum Gasteiger partial charge on any atom is 0.243 e. The van der Waals surface area contributed by atoms with E-state index < -0.39 is 10.0 Å². The molecule has 0 heterocycles. The third-order valence-corrected chi connectivity index (χ3v) is 5.99. The van der Waals surface area contributed by atoms with Gasteiger partial charge in [0.2, 0.25) is 10.0 Å². The van der Waals surface area contributed by atoms with Gasteiger partial charge in [-0.05, 0) is 57.7 Å². The minimum Gasteiger partial charge on any atom is -0.309 e. The Kier molecular flexibility index (Phi) is 6.64. The van der Waals surface area contributed by atoms with Crippen molar-refractivity contribution in [2.45, 2.75) is 25.2 Å². The van der Waals surface area contributed by atoms with E-state index in [1.54, 1.807) is 22.5 Å². The van der Waals surface area contributed by atoms with Gasteiger partial charge in [-0.25, -0.2) is 8.42 Å². The topological polar surface area (TPSA) is 40.6 Å². The lowest BCUT2D eigenvalue weighted by molar-refractivity contribution is 0.356. The van der Waals surface area contributed by atoms with E-state index in [9.17, 15) is 8.42 Å². The summed E-state index contributed by atoms with van der Waals surface area (Å²) >= 11 is 3.39. The van der Waals surface area contributed by atoms with E-state index in [1.807, 2.05) is 27.9 Å². The van der Waals surface area contributed by atoms with Crippen LogP contribution in [0.15, 0.2) is 27.6 Å². The number of hydrogen-bond acceptors (Lipinski definition) is 3. The Hall–Kier alpha value is -0.430. The van der Waals surface area contributed by atoms with Gasteiger partial charge in [0, 0.05) is 17.6 Å². The first kappa shape index (κ1) is 17.6. The summed E-state index contributed by atoms with van der Waals surface area (Å²) in [6.07, 6.45) is 0.829. The van der Waals surface area contributed by atoms with Crippen molar-refractivity contribution in [2.75, 3.05) is 33.7 Å². The van der Waals surface area contributed by atoms with Gasteiger partial charge in [0.1, 0.15) is 0 Å². The fourth-order valence-electron chi connectivity index (χ4n) is 1.94. The quantitative estimate of drug-likeness (QED) is 0.748. The van der Waals surface area contributed by atoms with Crippen molar-refractivity contribution in [3.8, 4) is 0 Å². The molecule has 1 aromatic rings. The summed E-state index contributed by atoms with van der Waals surface area (Å²) in [7, 11) is 0.584. The normalized spacial score (nSPS) is 12.3. The Labute approximate surface area is 130 Å². The number of nitrogens with zero attached hydrogens (tertiary/aromatic N) is 2. The van der Waals surface area contributed by atoms with Gasteiger partial charge in [-0.1, -0.05) is 22.9 Å². The summed E-state index contributed by atoms with van der Waals surface area (Å²) in [6.45, 7) is 5.69. The predicted molar refractivity (Wildman–Crippen MR) is 86.5 cm³/mol. The maximum absolute atomic E-state index is 12.6. The summed E-state index contributed by atoms with van der Waals surface area (Å²) in [5, 5.41) is 0. The monoisotopic (exact) mass is 362 g/mol. The number of benzene rings is 1. The molecule has 0 aliphatic rings. The highest BCUT2D eigenvalue weighted by Gasteiger charge is 2.22. The van der Waals surface area contributed by atoms with Gasteiger partial charge in [0.05, 0.1) is 4.90 Å². The van der Waals surface area contributed by atoms with E-state index in [0.29, 0.717) is 18.0 Å². The lowest BCUT2D eigenvalue weighted by atomic mass is 10.2. The SMILES string of the molecule is CCN(CCCN(C)C)S(=O)(=O)c1ccc(Br)c(C)c1. The van der Waals surface area contributed by atoms with Gasteiger partial charge in [-0.15, -0.1) is 0 Å². The van der Waals surface area contributed by atoms with Gasteiger partial charge in [-0.3, -0.25) is 0 Å². The molecular weight excluding hydrogens is 340 g/mol. The standard InChI is InChI=1S/C14H23BrN2O2S/c1-5-17(10-6-9-16(3)4)20(18,19)13-7-8-14(15)12(2)11-13/h7-8,11H,5-6,9-10H2,1-4H3. The Morgan fingerprint density at radius 3 is 2.35 bits per heavy atom. The van der Waals surface area contributed by atoms with Crippen LogP contribution in [0.5, 0.6) is 0 Å². The van der Waals surface area contributed by atoms with Crippen molar-refractivity contribution < 1.29 is 8.42 Å². The highest BCUT2D eigenvalue weighted by Crippen LogP contribution is 2.22. The summed E-state index contributed by atoms with van der Waals surface area (Å²) in [5.41, 5.74) is 0.926. The minimum atomic E-state index is -3.39. The second-order valence-electron chi connectivity index (χ2n) is 5.06. The first-order valence-corrected chi connectivity index (χ1v) is 8.93. The van der Waals surface area contributed by atoms with E-state index in [2.05, 4.69) is 20.8 Å². The molecule has 0 spiro atoms. The van der Waals surface area contributed by atoms with Crippen LogP contribution >= 0.6 is 15.9 Å². The van der Waals surface area contributed by atoms with Gasteiger partial charge in [0.15, 0.2) is 0 Å². The molecule has 1 aromatic carbocycles. The van der Waals surface area contributed by atoms with Crippen LogP contribution in [-0.2, 0) is 10.0 Å². The van der Waals surface area contributed by atoms with Crippen molar-refractivity contribution in [3.63, 3.8) is 0 Å². The number of hydrogen-bond donors (Lipinski definition) is 0. The Balaban J connectivity index is 2.91. The molecule has 0 aromatic heterocycles. The van der Waals surface area contributed by atoms with Crippen molar-refractivity contribution in [2.24, 2.45) is 0 Å². The Bertz CT molecular complexity index is 544. The van der Waals surface area contributed by atoms with E-state index in [4.69, 9.17) is 0 Å². The molecule has 0 saturated heterocycles. The average molecular weight is 363 g/mol. The molecule has 0 radical (unpaired) electrons. The van der Waals surface area contributed by atoms with E-state index in [0.717, 1.165) is 23.0 Å². The molecule has 0 aliphatic heterocycles. The molecule has 0 saturated carbocycles. The molecule has 0 bridgehead atoms. The minimum absolute atomic E-state index is 0.366. The van der Waals surface area contributed by atoms with Crippen LogP contribution in [0.2, 0.25) is 0 Å². The summed E-state index contributed by atoms with van der Waals surface area (Å²) < 4.78 is 27.7. The zero-order valence-corrected chi connectivity index (χ0v) is 15.0. The first-order valence-electron chi connectivity index (χ1n) is 6.70. The second kappa shape index (κ2) is 7.54. The molecule has 0 N–H and O–H groups in total. The van der Waals surface area contributed by atoms with Gasteiger partial charge in [-0.2, -0.15) is 4.31 Å². The van der Waals surface area contributed by atoms with Crippen molar-refractivity contribution in [1.82, 2.24) is 9.21 Å². The highest BCUT2D eigenvalue weighted by molar-refractivity contribution is 9.10. The predicted octanol–water partition coefficient (Wildman–Crippen LogP) is 2.72. The third kappa shape index (κ3) is 4.55. The fourth-order valence-corrected chi connectivity index (χ4v) is 3.76. The maximum atomic E-state index is 12.6. The molecule has 6 heteroatoms. The summed E-state index contributed by atoms with van der Waals surface area (Å²) in [5.74, 6) is 0. The molecule has 1 rings (SSSR count). The van der Waals surface area contributed by atoms with E-state index >= 15 is 0 Å². The smallest absolute Gasteiger partial charge is 0.243 e. The second-order valence-corrected chi connectivity index (χ2v) is 7.86. The van der Waals surface area contributed by atoms with Crippen LogP contribution in [0, 0.1) is 6.92 Å². The molecule has 0 atom stereocenters. The first-order chi connectivity index (χ1) is 9.28. The van der Waals surface area contributed by atoms with Crippen molar-refractivity contribution >= 4 is 26.0 Å². The van der Waals surface area contributed by atoms with Crippen LogP contribution in [-0.4, -0.2) is 51.4 Å². The van der Waals surface area contributed by atoms with Gasteiger partial charge >= 0.3 is 0 Å². The number of rotatable bonds is 7. The molecular formula is C14H23BrN2O2S. The molecule has 0 fully saturated rings. The van der Waals surface area contributed by atoms with Gasteiger partial charge in [0.25, 0.3) is 0 Å². The highest BCUT2D eigenvalue weighted by atomic mass is 79.9.